The average molecular weight is 517 g/mol. The number of nitrogens with zero attached hydrogens (tertiary/aromatic N) is 7. The lowest BCUT2D eigenvalue weighted by Gasteiger charge is -2.40. The molecule has 13 heteroatoms. The molecule has 6 rings (SSSR count). The van der Waals surface area contributed by atoms with E-state index in [-0.39, 0.29) is 23.6 Å². The zero-order chi connectivity index (χ0) is 26.6. The summed E-state index contributed by atoms with van der Waals surface area (Å²) in [6, 6.07) is 6.06. The minimum atomic E-state index is -0.423. The Morgan fingerprint density at radius 1 is 1.13 bits per heavy atom. The fourth-order valence-corrected chi connectivity index (χ4v) is 5.32. The third-order valence-electron chi connectivity index (χ3n) is 7.28. The van der Waals surface area contributed by atoms with Gasteiger partial charge in [-0.3, -0.25) is 19.5 Å². The van der Waals surface area contributed by atoms with Crippen LogP contribution < -0.4 is 22.2 Å². The Labute approximate surface area is 215 Å². The molecule has 6 N–H and O–H groups in total. The SMILES string of the molecule is N/N=C(\N)C(=O)N1CCC(N2C(=O)CCc3c2nc2c(-c4cnc5ccc(F)cc5c4)cnn2c3N)CC1. The predicted octanol–water partition coefficient (Wildman–Crippen LogP) is 1.17. The molecule has 0 radical (unpaired) electrons. The molecule has 5 heterocycles. The maximum atomic E-state index is 13.8. The van der Waals surface area contributed by atoms with Gasteiger partial charge in [-0.15, -0.1) is 0 Å². The van der Waals surface area contributed by atoms with E-state index in [0.29, 0.717) is 78.1 Å². The van der Waals surface area contributed by atoms with Gasteiger partial charge < -0.3 is 22.2 Å². The molecule has 2 amide bonds. The van der Waals surface area contributed by atoms with E-state index in [1.54, 1.807) is 32.8 Å². The molecule has 0 unspecified atom stereocenters. The number of carbonyl (C=O) groups is 2. The predicted molar refractivity (Wildman–Crippen MR) is 139 cm³/mol. The number of hydrogen-bond donors (Lipinski definition) is 3. The molecule has 2 aliphatic rings. The first-order valence-corrected chi connectivity index (χ1v) is 12.2. The third-order valence-corrected chi connectivity index (χ3v) is 7.28. The van der Waals surface area contributed by atoms with Gasteiger partial charge >= 0.3 is 0 Å². The molecule has 1 saturated heterocycles. The van der Waals surface area contributed by atoms with Crippen molar-refractivity contribution in [3.63, 3.8) is 0 Å². The molecule has 0 atom stereocenters. The van der Waals surface area contributed by atoms with Crippen LogP contribution in [0.1, 0.15) is 24.8 Å². The number of aromatic nitrogens is 4. The molecule has 0 saturated carbocycles. The first-order valence-electron chi connectivity index (χ1n) is 12.2. The van der Waals surface area contributed by atoms with Crippen LogP contribution in [0, 0.1) is 5.82 Å². The van der Waals surface area contributed by atoms with Crippen molar-refractivity contribution < 1.29 is 14.0 Å². The summed E-state index contributed by atoms with van der Waals surface area (Å²) in [7, 11) is 0. The number of amidine groups is 1. The van der Waals surface area contributed by atoms with Gasteiger partial charge in [-0.25, -0.2) is 9.37 Å². The highest BCUT2D eigenvalue weighted by molar-refractivity contribution is 6.37. The molecule has 194 valence electrons. The van der Waals surface area contributed by atoms with Crippen LogP contribution in [-0.4, -0.2) is 61.3 Å². The van der Waals surface area contributed by atoms with E-state index in [9.17, 15) is 14.0 Å². The van der Waals surface area contributed by atoms with E-state index >= 15 is 0 Å². The number of rotatable bonds is 2. The van der Waals surface area contributed by atoms with E-state index in [1.807, 2.05) is 6.07 Å². The number of carbonyl (C=O) groups excluding carboxylic acids is 2. The summed E-state index contributed by atoms with van der Waals surface area (Å²) in [6.45, 7) is 0.793. The first kappa shape index (κ1) is 23.6. The molecule has 12 nitrogen and oxygen atoms in total. The van der Waals surface area contributed by atoms with Gasteiger partial charge in [-0.1, -0.05) is 0 Å². The molecule has 38 heavy (non-hydrogen) atoms. The van der Waals surface area contributed by atoms with Crippen molar-refractivity contribution >= 4 is 45.8 Å². The number of hydrogen-bond acceptors (Lipinski definition) is 8. The summed E-state index contributed by atoms with van der Waals surface area (Å²) in [6.07, 6.45) is 5.14. The van der Waals surface area contributed by atoms with Crippen molar-refractivity contribution in [1.82, 2.24) is 24.5 Å². The minimum Gasteiger partial charge on any atom is -0.383 e. The first-order chi connectivity index (χ1) is 18.4. The maximum absolute atomic E-state index is 13.8. The lowest BCUT2D eigenvalue weighted by Crippen LogP contribution is -2.52. The van der Waals surface area contributed by atoms with Gasteiger partial charge in [0, 0.05) is 53.8 Å². The number of fused-ring (bicyclic) bond motifs is 3. The fraction of sp³-hybridized carbons (Fsp3) is 0.280. The monoisotopic (exact) mass is 516 g/mol. The van der Waals surface area contributed by atoms with Gasteiger partial charge in [-0.05, 0) is 43.5 Å². The molecule has 0 bridgehead atoms. The number of pyridine rings is 1. The van der Waals surface area contributed by atoms with E-state index in [0.717, 1.165) is 5.56 Å². The number of halogens is 1. The smallest absolute Gasteiger partial charge is 0.290 e. The van der Waals surface area contributed by atoms with Crippen molar-refractivity contribution in [2.24, 2.45) is 16.7 Å². The Balaban J connectivity index is 1.39. The maximum Gasteiger partial charge on any atom is 0.290 e. The van der Waals surface area contributed by atoms with Gasteiger partial charge in [0.15, 0.2) is 5.65 Å². The highest BCUT2D eigenvalue weighted by Crippen LogP contribution is 2.37. The molecule has 1 fully saturated rings. The van der Waals surface area contributed by atoms with Gasteiger partial charge in [-0.2, -0.15) is 14.7 Å². The van der Waals surface area contributed by atoms with Gasteiger partial charge in [0.2, 0.25) is 11.7 Å². The van der Waals surface area contributed by atoms with Crippen LogP contribution in [0.2, 0.25) is 0 Å². The summed E-state index contributed by atoms with van der Waals surface area (Å²) in [5.74, 6) is 4.98. The zero-order valence-corrected chi connectivity index (χ0v) is 20.3. The minimum absolute atomic E-state index is 0.0505. The Bertz CT molecular complexity index is 1640. The third kappa shape index (κ3) is 3.74. The topological polar surface area (TPSA) is 174 Å². The fourth-order valence-electron chi connectivity index (χ4n) is 5.32. The largest absolute Gasteiger partial charge is 0.383 e. The van der Waals surface area contributed by atoms with Crippen LogP contribution in [0.15, 0.2) is 41.8 Å². The number of hydrazone groups is 1. The lowest BCUT2D eigenvalue weighted by atomic mass is 9.97. The second-order valence-corrected chi connectivity index (χ2v) is 9.46. The Morgan fingerprint density at radius 2 is 1.92 bits per heavy atom. The van der Waals surface area contributed by atoms with E-state index in [2.05, 4.69) is 15.2 Å². The summed E-state index contributed by atoms with van der Waals surface area (Å²) >= 11 is 0. The Morgan fingerprint density at radius 3 is 2.68 bits per heavy atom. The normalized spacial score (nSPS) is 16.9. The number of benzene rings is 1. The van der Waals surface area contributed by atoms with Gasteiger partial charge in [0.1, 0.15) is 17.5 Å². The Kier molecular flexibility index (Phi) is 5.55. The van der Waals surface area contributed by atoms with Crippen molar-refractivity contribution in [2.45, 2.75) is 31.7 Å². The molecule has 4 aromatic rings. The molecule has 0 aliphatic carbocycles. The van der Waals surface area contributed by atoms with Crippen LogP contribution >= 0.6 is 0 Å². The summed E-state index contributed by atoms with van der Waals surface area (Å²) in [5.41, 5.74) is 15.4. The number of anilines is 2. The van der Waals surface area contributed by atoms with E-state index in [1.165, 1.54) is 12.1 Å². The molecular formula is C25H25FN10O2. The second kappa shape index (κ2) is 8.94. The van der Waals surface area contributed by atoms with Crippen molar-refractivity contribution in [3.05, 3.63) is 48.0 Å². The molecular weight excluding hydrogens is 491 g/mol. The number of amides is 2. The van der Waals surface area contributed by atoms with Crippen LogP contribution in [0.25, 0.3) is 27.7 Å². The van der Waals surface area contributed by atoms with Crippen LogP contribution in [0.3, 0.4) is 0 Å². The number of nitrogen functional groups attached to an aromatic ring is 1. The summed E-state index contributed by atoms with van der Waals surface area (Å²) in [5, 5.41) is 8.39. The highest BCUT2D eigenvalue weighted by Gasteiger charge is 2.37. The molecule has 3 aromatic heterocycles. The zero-order valence-electron chi connectivity index (χ0n) is 20.3. The molecule has 2 aliphatic heterocycles. The standard InChI is InChI=1S/C25H25FN10O2/c26-15-1-3-19-13(10-15)9-14(11-30-19)18-12-31-36-22(28)17-2-4-20(37)35(23(17)32-24(18)36)16-5-7-34(8-6-16)25(38)21(27)33-29/h1,3,9-12,16H,2,4-8,28-29H2,(H2,27,33). The van der Waals surface area contributed by atoms with E-state index in [4.69, 9.17) is 22.3 Å². The average Bonchev–Trinajstić information content (AvgIpc) is 3.36. The highest BCUT2D eigenvalue weighted by atomic mass is 19.1. The number of likely N-dealkylation sites (tertiary alicyclic amines) is 1. The quantitative estimate of drug-likeness (QED) is 0.154. The number of piperidine rings is 1. The number of nitrogens with two attached hydrogens (primary N) is 3. The lowest BCUT2D eigenvalue weighted by molar-refractivity contribution is -0.125. The molecule has 0 spiro atoms. The van der Waals surface area contributed by atoms with Crippen molar-refractivity contribution in [2.75, 3.05) is 23.7 Å². The van der Waals surface area contributed by atoms with Crippen molar-refractivity contribution in [3.8, 4) is 11.1 Å². The van der Waals surface area contributed by atoms with Crippen molar-refractivity contribution in [1.29, 1.82) is 0 Å². The van der Waals surface area contributed by atoms with E-state index < -0.39 is 5.91 Å². The Hall–Kier alpha value is -4.81. The van der Waals surface area contributed by atoms with Gasteiger partial charge in [0.25, 0.3) is 5.91 Å². The van der Waals surface area contributed by atoms with Crippen LogP contribution in [-0.2, 0) is 16.0 Å². The summed E-state index contributed by atoms with van der Waals surface area (Å²) < 4.78 is 15.4. The van der Waals surface area contributed by atoms with Gasteiger partial charge in [0.05, 0.1) is 11.7 Å². The van der Waals surface area contributed by atoms with Crippen LogP contribution in [0.5, 0.6) is 0 Å². The van der Waals surface area contributed by atoms with Crippen LogP contribution in [0.4, 0.5) is 16.0 Å². The second-order valence-electron chi connectivity index (χ2n) is 9.46. The molecule has 1 aromatic carbocycles. The summed E-state index contributed by atoms with van der Waals surface area (Å²) in [4.78, 5) is 38.2.